The maximum atomic E-state index is 3.73. The second kappa shape index (κ2) is 6.19. The lowest BCUT2D eigenvalue weighted by Gasteiger charge is -2.45. The smallest absolute Gasteiger partial charge is 0.0120 e. The Labute approximate surface area is 107 Å². The fraction of sp³-hybridized carbons (Fsp3) is 1.00. The summed E-state index contributed by atoms with van der Waals surface area (Å²) in [6.45, 7) is 11.0. The van der Waals surface area contributed by atoms with Gasteiger partial charge >= 0.3 is 0 Å². The zero-order valence-electron chi connectivity index (χ0n) is 11.9. The van der Waals surface area contributed by atoms with Gasteiger partial charge in [0.2, 0.25) is 0 Å². The molecule has 2 nitrogen and oxygen atoms in total. The Morgan fingerprint density at radius 2 is 1.94 bits per heavy atom. The van der Waals surface area contributed by atoms with Gasteiger partial charge in [0.1, 0.15) is 0 Å². The van der Waals surface area contributed by atoms with Crippen molar-refractivity contribution in [2.75, 3.05) is 19.6 Å². The molecule has 0 radical (unpaired) electrons. The van der Waals surface area contributed by atoms with Crippen molar-refractivity contribution in [3.63, 3.8) is 0 Å². The zero-order valence-corrected chi connectivity index (χ0v) is 11.9. The lowest BCUT2D eigenvalue weighted by Crippen LogP contribution is -2.54. The van der Waals surface area contributed by atoms with Crippen LogP contribution in [-0.4, -0.2) is 36.6 Å². The molecule has 1 N–H and O–H groups in total. The van der Waals surface area contributed by atoms with Gasteiger partial charge in [0.25, 0.3) is 0 Å². The van der Waals surface area contributed by atoms with E-state index in [2.05, 4.69) is 31.0 Å². The van der Waals surface area contributed by atoms with Gasteiger partial charge in [-0.3, -0.25) is 0 Å². The highest BCUT2D eigenvalue weighted by molar-refractivity contribution is 4.90. The summed E-state index contributed by atoms with van der Waals surface area (Å²) in [5.74, 6) is 1.82. The summed E-state index contributed by atoms with van der Waals surface area (Å²) in [7, 11) is 0. The second-order valence-corrected chi connectivity index (χ2v) is 6.24. The summed E-state index contributed by atoms with van der Waals surface area (Å²) in [5.41, 5.74) is 0. The number of hydrogen-bond acceptors (Lipinski definition) is 2. The highest BCUT2D eigenvalue weighted by atomic mass is 15.2. The van der Waals surface area contributed by atoms with Gasteiger partial charge in [-0.25, -0.2) is 0 Å². The molecule has 0 aromatic rings. The van der Waals surface area contributed by atoms with E-state index in [-0.39, 0.29) is 0 Å². The van der Waals surface area contributed by atoms with Crippen LogP contribution in [0.3, 0.4) is 0 Å². The van der Waals surface area contributed by atoms with Gasteiger partial charge in [-0.15, -0.1) is 0 Å². The highest BCUT2D eigenvalue weighted by Gasteiger charge is 2.33. The average molecular weight is 238 g/mol. The van der Waals surface area contributed by atoms with Crippen LogP contribution in [0, 0.1) is 11.8 Å². The summed E-state index contributed by atoms with van der Waals surface area (Å²) in [6, 6.07) is 1.52. The Hall–Kier alpha value is -0.0800. The van der Waals surface area contributed by atoms with Crippen LogP contribution < -0.4 is 5.32 Å². The van der Waals surface area contributed by atoms with Crippen LogP contribution in [0.4, 0.5) is 0 Å². The van der Waals surface area contributed by atoms with Crippen molar-refractivity contribution >= 4 is 0 Å². The van der Waals surface area contributed by atoms with E-state index in [1.165, 1.54) is 51.7 Å². The van der Waals surface area contributed by atoms with Crippen LogP contribution in [0.5, 0.6) is 0 Å². The SMILES string of the molecule is CCCNC1CCN(CC2CCC2)C(C)C1C. The van der Waals surface area contributed by atoms with Gasteiger partial charge in [0.15, 0.2) is 0 Å². The Bertz CT molecular complexity index is 225. The molecule has 1 heterocycles. The van der Waals surface area contributed by atoms with Crippen LogP contribution in [0.25, 0.3) is 0 Å². The molecule has 2 fully saturated rings. The fourth-order valence-corrected chi connectivity index (χ4v) is 3.32. The Morgan fingerprint density at radius 1 is 1.18 bits per heavy atom. The Kier molecular flexibility index (Phi) is 4.87. The minimum atomic E-state index is 0.752. The minimum Gasteiger partial charge on any atom is -0.314 e. The molecule has 1 saturated heterocycles. The van der Waals surface area contributed by atoms with Crippen LogP contribution in [0.1, 0.15) is 52.9 Å². The maximum absolute atomic E-state index is 3.73. The van der Waals surface area contributed by atoms with Crippen LogP contribution in [0.15, 0.2) is 0 Å². The maximum Gasteiger partial charge on any atom is 0.0120 e. The number of hydrogen-bond donors (Lipinski definition) is 1. The van der Waals surface area contributed by atoms with Gasteiger partial charge < -0.3 is 10.2 Å². The van der Waals surface area contributed by atoms with Crippen molar-refractivity contribution in [1.29, 1.82) is 0 Å². The molecule has 0 aromatic carbocycles. The second-order valence-electron chi connectivity index (χ2n) is 6.24. The van der Waals surface area contributed by atoms with E-state index in [9.17, 15) is 0 Å². The molecule has 2 aliphatic rings. The monoisotopic (exact) mass is 238 g/mol. The normalized spacial score (nSPS) is 35.8. The topological polar surface area (TPSA) is 15.3 Å². The molecule has 1 aliphatic carbocycles. The molecule has 2 heteroatoms. The molecule has 0 aromatic heterocycles. The lowest BCUT2D eigenvalue weighted by molar-refractivity contribution is 0.0565. The van der Waals surface area contributed by atoms with E-state index in [4.69, 9.17) is 0 Å². The summed E-state index contributed by atoms with van der Waals surface area (Å²) >= 11 is 0. The molecular weight excluding hydrogens is 208 g/mol. The summed E-state index contributed by atoms with van der Waals surface area (Å²) in [6.07, 6.45) is 7.04. The van der Waals surface area contributed by atoms with E-state index in [0.717, 1.165) is 23.9 Å². The molecule has 1 aliphatic heterocycles. The quantitative estimate of drug-likeness (QED) is 0.792. The van der Waals surface area contributed by atoms with Gasteiger partial charge in [-0.1, -0.05) is 20.3 Å². The fourth-order valence-electron chi connectivity index (χ4n) is 3.32. The first-order valence-electron chi connectivity index (χ1n) is 7.69. The third-order valence-corrected chi connectivity index (χ3v) is 5.07. The summed E-state index contributed by atoms with van der Waals surface area (Å²) < 4.78 is 0. The van der Waals surface area contributed by atoms with Crippen molar-refractivity contribution in [2.24, 2.45) is 11.8 Å². The molecule has 2 rings (SSSR count). The van der Waals surface area contributed by atoms with Crippen molar-refractivity contribution in [2.45, 2.75) is 65.0 Å². The Balaban J connectivity index is 1.79. The minimum absolute atomic E-state index is 0.752. The van der Waals surface area contributed by atoms with Crippen molar-refractivity contribution in [3.05, 3.63) is 0 Å². The summed E-state index contributed by atoms with van der Waals surface area (Å²) in [5, 5.41) is 3.73. The lowest BCUT2D eigenvalue weighted by atomic mass is 9.82. The molecule has 0 bridgehead atoms. The first kappa shape index (κ1) is 13.4. The predicted octanol–water partition coefficient (Wildman–Crippen LogP) is 2.89. The molecule has 100 valence electrons. The first-order chi connectivity index (χ1) is 8.22. The van der Waals surface area contributed by atoms with E-state index >= 15 is 0 Å². The average Bonchev–Trinajstić information content (AvgIpc) is 2.27. The van der Waals surface area contributed by atoms with E-state index in [0.29, 0.717) is 0 Å². The number of nitrogens with zero attached hydrogens (tertiary/aromatic N) is 1. The van der Waals surface area contributed by atoms with Crippen LogP contribution in [0.2, 0.25) is 0 Å². The largest absolute Gasteiger partial charge is 0.314 e. The van der Waals surface area contributed by atoms with E-state index < -0.39 is 0 Å². The molecule has 1 saturated carbocycles. The number of rotatable bonds is 5. The number of piperidine rings is 1. The van der Waals surface area contributed by atoms with Crippen LogP contribution in [-0.2, 0) is 0 Å². The van der Waals surface area contributed by atoms with Gasteiger partial charge in [0, 0.05) is 18.6 Å². The molecule has 0 amide bonds. The first-order valence-corrected chi connectivity index (χ1v) is 7.69. The molecular formula is C15H30N2. The number of nitrogens with one attached hydrogen (secondary N) is 1. The Morgan fingerprint density at radius 3 is 2.53 bits per heavy atom. The van der Waals surface area contributed by atoms with Crippen molar-refractivity contribution in [3.8, 4) is 0 Å². The molecule has 3 unspecified atom stereocenters. The van der Waals surface area contributed by atoms with Gasteiger partial charge in [-0.2, -0.15) is 0 Å². The molecule has 0 spiro atoms. The van der Waals surface area contributed by atoms with Gasteiger partial charge in [-0.05, 0) is 57.5 Å². The molecule has 17 heavy (non-hydrogen) atoms. The highest BCUT2D eigenvalue weighted by Crippen LogP contribution is 2.31. The van der Waals surface area contributed by atoms with Gasteiger partial charge in [0.05, 0.1) is 0 Å². The predicted molar refractivity (Wildman–Crippen MR) is 74.2 cm³/mol. The third kappa shape index (κ3) is 3.23. The van der Waals surface area contributed by atoms with E-state index in [1.807, 2.05) is 0 Å². The third-order valence-electron chi connectivity index (χ3n) is 5.07. The standard InChI is InChI=1S/C15H30N2/c1-4-9-16-15-8-10-17(13(3)12(15)2)11-14-6-5-7-14/h12-16H,4-11H2,1-3H3. The van der Waals surface area contributed by atoms with Crippen molar-refractivity contribution in [1.82, 2.24) is 10.2 Å². The van der Waals surface area contributed by atoms with E-state index in [1.54, 1.807) is 0 Å². The summed E-state index contributed by atoms with van der Waals surface area (Å²) in [4.78, 5) is 2.75. The number of likely N-dealkylation sites (tertiary alicyclic amines) is 1. The molecule has 3 atom stereocenters. The zero-order chi connectivity index (χ0) is 12.3. The van der Waals surface area contributed by atoms with Crippen LogP contribution >= 0.6 is 0 Å². The van der Waals surface area contributed by atoms with Crippen molar-refractivity contribution < 1.29 is 0 Å².